The van der Waals surface area contributed by atoms with Crippen molar-refractivity contribution in [2.24, 2.45) is 5.92 Å². The van der Waals surface area contributed by atoms with Crippen LogP contribution in [0.5, 0.6) is 0 Å². The van der Waals surface area contributed by atoms with Gasteiger partial charge in [0.05, 0.1) is 47.7 Å². The number of carbonyl (C=O) groups excluding carboxylic acids is 3. The predicted molar refractivity (Wildman–Crippen MR) is 255 cm³/mol. The summed E-state index contributed by atoms with van der Waals surface area (Å²) < 4.78 is 4.43. The molecule has 0 radical (unpaired) electrons. The van der Waals surface area contributed by atoms with Gasteiger partial charge in [0.2, 0.25) is 11.8 Å². The van der Waals surface area contributed by atoms with E-state index < -0.39 is 0 Å². The Kier molecular flexibility index (Phi) is 13.3. The SMILES string of the molecule is Cc1cc(C=Cc2cc3c4c(c2)CCCN4CCC3)cc(C)[n+]1CCNC(=O)CCc1cn(CCCCC2CCN(CC(=O)N3c4ccccc4NC(=O)c4ccccc43)CC2)cn1. The topological polar surface area (TPSA) is 107 Å². The lowest BCUT2D eigenvalue weighted by Crippen LogP contribution is -2.45. The van der Waals surface area contributed by atoms with Gasteiger partial charge in [-0.05, 0) is 129 Å². The van der Waals surface area contributed by atoms with E-state index in [-0.39, 0.29) is 17.7 Å². The number of fused-ring (bicyclic) bond motifs is 2. The van der Waals surface area contributed by atoms with Crippen LogP contribution in [-0.2, 0) is 41.9 Å². The first-order chi connectivity index (χ1) is 31.3. The molecule has 64 heavy (non-hydrogen) atoms. The Balaban J connectivity index is 0.665. The minimum absolute atomic E-state index is 0.0261. The Morgan fingerprint density at radius 3 is 2.30 bits per heavy atom. The van der Waals surface area contributed by atoms with Crippen LogP contribution in [-0.4, -0.2) is 71.4 Å². The number of imidazole rings is 1. The highest BCUT2D eigenvalue weighted by atomic mass is 16.2. The molecule has 1 fully saturated rings. The third kappa shape index (κ3) is 10.00. The van der Waals surface area contributed by atoms with Gasteiger partial charge in [-0.15, -0.1) is 0 Å². The van der Waals surface area contributed by atoms with Crippen molar-refractivity contribution >= 4 is 52.6 Å². The molecule has 0 bridgehead atoms. The van der Waals surface area contributed by atoms with Crippen LogP contribution in [0.1, 0.15) is 101 Å². The number of nitrogens with one attached hydrogen (secondary N) is 2. The zero-order chi connectivity index (χ0) is 44.0. The molecule has 9 rings (SSSR count). The number of benzene rings is 3. The highest BCUT2D eigenvalue weighted by molar-refractivity contribution is 6.18. The molecular formula is C53H63N8O3+. The molecule has 0 aliphatic carbocycles. The maximum absolute atomic E-state index is 13.9. The lowest BCUT2D eigenvalue weighted by molar-refractivity contribution is -0.706. The molecule has 4 aliphatic heterocycles. The van der Waals surface area contributed by atoms with Gasteiger partial charge in [0.15, 0.2) is 17.9 Å². The van der Waals surface area contributed by atoms with Crippen LogP contribution < -0.4 is 25.0 Å². The number of aryl methyl sites for hydroxylation is 6. The van der Waals surface area contributed by atoms with Gasteiger partial charge >= 0.3 is 0 Å². The molecule has 0 spiro atoms. The third-order valence-corrected chi connectivity index (χ3v) is 13.8. The molecule has 4 aliphatic rings. The minimum atomic E-state index is -0.202. The summed E-state index contributed by atoms with van der Waals surface area (Å²) in [5.74, 6) is 0.480. The lowest BCUT2D eigenvalue weighted by Gasteiger charge is -2.37. The number of nitrogens with zero attached hydrogens (tertiary/aromatic N) is 6. The molecule has 11 heteroatoms. The average molecular weight is 860 g/mol. The van der Waals surface area contributed by atoms with E-state index in [2.05, 4.69) is 91.0 Å². The van der Waals surface area contributed by atoms with Crippen molar-refractivity contribution in [2.45, 2.75) is 97.6 Å². The first-order valence-electron chi connectivity index (χ1n) is 23.7. The number of anilines is 4. The fourth-order valence-electron chi connectivity index (χ4n) is 10.5. The van der Waals surface area contributed by atoms with E-state index in [0.717, 1.165) is 57.6 Å². The molecule has 3 amide bonds. The Hall–Kier alpha value is -6.07. The fraction of sp³-hybridized carbons (Fsp3) is 0.415. The predicted octanol–water partition coefficient (Wildman–Crippen LogP) is 8.22. The van der Waals surface area contributed by atoms with Crippen molar-refractivity contribution in [3.05, 3.63) is 130 Å². The number of carbonyl (C=O) groups is 3. The van der Waals surface area contributed by atoms with E-state index in [9.17, 15) is 14.4 Å². The average Bonchev–Trinajstić information content (AvgIpc) is 3.71. The van der Waals surface area contributed by atoms with Gasteiger partial charge in [-0.1, -0.05) is 49.3 Å². The molecule has 3 aromatic carbocycles. The summed E-state index contributed by atoms with van der Waals surface area (Å²) in [6.07, 6.45) is 20.0. The van der Waals surface area contributed by atoms with Crippen LogP contribution in [0.4, 0.5) is 22.7 Å². The van der Waals surface area contributed by atoms with Gasteiger partial charge in [0.25, 0.3) is 5.91 Å². The Bertz CT molecular complexity index is 2480. The van der Waals surface area contributed by atoms with Crippen molar-refractivity contribution in [3.8, 4) is 0 Å². The van der Waals surface area contributed by atoms with Crippen LogP contribution in [0.2, 0.25) is 0 Å². The Morgan fingerprint density at radius 2 is 1.55 bits per heavy atom. The van der Waals surface area contributed by atoms with Crippen LogP contribution >= 0.6 is 0 Å². The molecule has 0 saturated carbocycles. The first-order valence-corrected chi connectivity index (χ1v) is 23.7. The van der Waals surface area contributed by atoms with Crippen LogP contribution in [0, 0.1) is 19.8 Å². The van der Waals surface area contributed by atoms with Gasteiger partial charge in [-0.25, -0.2) is 4.98 Å². The number of piperidine rings is 1. The van der Waals surface area contributed by atoms with E-state index in [1.165, 1.54) is 84.5 Å². The zero-order valence-corrected chi connectivity index (χ0v) is 37.7. The summed E-state index contributed by atoms with van der Waals surface area (Å²) in [7, 11) is 0. The summed E-state index contributed by atoms with van der Waals surface area (Å²) in [4.78, 5) is 50.8. The second kappa shape index (κ2) is 19.8. The Labute approximate surface area is 378 Å². The summed E-state index contributed by atoms with van der Waals surface area (Å²) in [5.41, 5.74) is 12.8. The number of likely N-dealkylation sites (tertiary alicyclic amines) is 1. The number of aromatic nitrogens is 3. The maximum Gasteiger partial charge on any atom is 0.257 e. The molecule has 0 atom stereocenters. The van der Waals surface area contributed by atoms with Crippen molar-refractivity contribution in [3.63, 3.8) is 0 Å². The molecule has 1 saturated heterocycles. The van der Waals surface area contributed by atoms with E-state index in [0.29, 0.717) is 54.5 Å². The van der Waals surface area contributed by atoms with Gasteiger partial charge in [0.1, 0.15) is 0 Å². The highest BCUT2D eigenvalue weighted by Crippen LogP contribution is 2.39. The fourth-order valence-corrected chi connectivity index (χ4v) is 10.5. The van der Waals surface area contributed by atoms with Crippen molar-refractivity contribution in [2.75, 3.05) is 54.4 Å². The molecule has 2 N–H and O–H groups in total. The van der Waals surface area contributed by atoms with E-state index in [1.807, 2.05) is 48.8 Å². The molecule has 332 valence electrons. The third-order valence-electron chi connectivity index (χ3n) is 13.8. The summed E-state index contributed by atoms with van der Waals surface area (Å²) in [5, 5.41) is 6.11. The van der Waals surface area contributed by atoms with Crippen LogP contribution in [0.25, 0.3) is 12.2 Å². The summed E-state index contributed by atoms with van der Waals surface area (Å²) >= 11 is 0. The summed E-state index contributed by atoms with van der Waals surface area (Å²) in [6.45, 7) is 11.0. The normalized spacial score (nSPS) is 16.2. The smallest absolute Gasteiger partial charge is 0.257 e. The van der Waals surface area contributed by atoms with Crippen LogP contribution in [0.3, 0.4) is 0 Å². The minimum Gasteiger partial charge on any atom is -0.371 e. The van der Waals surface area contributed by atoms with Crippen molar-refractivity contribution < 1.29 is 19.0 Å². The number of rotatable bonds is 15. The number of hydrogen-bond acceptors (Lipinski definition) is 6. The van der Waals surface area contributed by atoms with Crippen molar-refractivity contribution in [1.29, 1.82) is 0 Å². The number of amides is 3. The highest BCUT2D eigenvalue weighted by Gasteiger charge is 2.31. The van der Waals surface area contributed by atoms with Gasteiger partial charge in [-0.3, -0.25) is 24.2 Å². The van der Waals surface area contributed by atoms with E-state index in [1.54, 1.807) is 11.0 Å². The molecule has 6 heterocycles. The number of pyridine rings is 1. The second-order valence-corrected chi connectivity index (χ2v) is 18.3. The number of hydrogen-bond donors (Lipinski definition) is 2. The largest absolute Gasteiger partial charge is 0.371 e. The summed E-state index contributed by atoms with van der Waals surface area (Å²) in [6, 6.07) is 24.1. The maximum atomic E-state index is 13.9. The molecule has 2 aromatic heterocycles. The molecule has 11 nitrogen and oxygen atoms in total. The van der Waals surface area contributed by atoms with E-state index in [4.69, 9.17) is 0 Å². The first kappa shape index (κ1) is 43.2. The Morgan fingerprint density at radius 1 is 0.859 bits per heavy atom. The van der Waals surface area contributed by atoms with E-state index >= 15 is 0 Å². The molecular weight excluding hydrogens is 797 g/mol. The van der Waals surface area contributed by atoms with Gasteiger partial charge in [0, 0.05) is 63.9 Å². The number of para-hydroxylation sites is 3. The molecule has 5 aromatic rings. The number of unbranched alkanes of at least 4 members (excludes halogenated alkanes) is 1. The monoisotopic (exact) mass is 860 g/mol. The van der Waals surface area contributed by atoms with Crippen LogP contribution in [0.15, 0.2) is 85.3 Å². The van der Waals surface area contributed by atoms with Crippen molar-refractivity contribution in [1.82, 2.24) is 19.8 Å². The van der Waals surface area contributed by atoms with Gasteiger partial charge < -0.3 is 20.1 Å². The molecule has 0 unspecified atom stereocenters. The zero-order valence-electron chi connectivity index (χ0n) is 37.7. The standard InChI is InChI=1S/C53H62N8O3/c1-38-31-41(18-19-42-33-43-12-9-26-59-27-10-13-44(34-42)52(43)59)32-39(2)60(38)30-24-54-50(62)21-20-45-35-58(37-55-45)25-8-7-11-40-22-28-57(29-23-40)36-51(63)61-48-16-5-3-14-46(48)53(64)56-47-15-4-6-17-49(47)61/h3-6,14-19,31-35,37,40H,7-13,20-30,36H2,1-2H3,(H-,54,56,62,64)/p+1. The van der Waals surface area contributed by atoms with Gasteiger partial charge in [-0.2, -0.15) is 4.57 Å². The quantitative estimate of drug-likeness (QED) is 0.0813. The second-order valence-electron chi connectivity index (χ2n) is 18.3. The lowest BCUT2D eigenvalue weighted by atomic mass is 9.90.